The summed E-state index contributed by atoms with van der Waals surface area (Å²) in [5, 5.41) is 9.81. The van der Waals surface area contributed by atoms with Crippen LogP contribution in [0.4, 0.5) is 11.4 Å². The third kappa shape index (κ3) is 1.92. The van der Waals surface area contributed by atoms with Crippen LogP contribution in [0.15, 0.2) is 65.1 Å². The molecule has 3 heteroatoms. The zero-order chi connectivity index (χ0) is 14.4. The van der Waals surface area contributed by atoms with Gasteiger partial charge in [0, 0.05) is 26.8 Å². The zero-order valence-electron chi connectivity index (χ0n) is 11.7. The zero-order valence-corrected chi connectivity index (χ0v) is 13.2. The molecular formula is C18H15BrN2. The number of hydrogen-bond donors (Lipinski definition) is 2. The SMILES string of the molecule is CC1(c2ccccc2Br)Nc2cccc3cccc(c23)N1. The molecule has 1 aliphatic rings. The van der Waals surface area contributed by atoms with Crippen molar-refractivity contribution in [2.45, 2.75) is 12.6 Å². The van der Waals surface area contributed by atoms with Crippen molar-refractivity contribution in [2.24, 2.45) is 0 Å². The Labute approximate surface area is 132 Å². The van der Waals surface area contributed by atoms with E-state index in [-0.39, 0.29) is 5.66 Å². The van der Waals surface area contributed by atoms with Gasteiger partial charge in [0.2, 0.25) is 0 Å². The summed E-state index contributed by atoms with van der Waals surface area (Å²) in [6.45, 7) is 2.17. The summed E-state index contributed by atoms with van der Waals surface area (Å²) in [7, 11) is 0. The Kier molecular flexibility index (Phi) is 2.73. The highest BCUT2D eigenvalue weighted by Gasteiger charge is 2.32. The first-order chi connectivity index (χ1) is 10.2. The van der Waals surface area contributed by atoms with E-state index in [1.807, 2.05) is 6.07 Å². The molecule has 4 rings (SSSR count). The lowest BCUT2D eigenvalue weighted by molar-refractivity contribution is 0.622. The summed E-state index contributed by atoms with van der Waals surface area (Å²) >= 11 is 3.66. The summed E-state index contributed by atoms with van der Waals surface area (Å²) in [4.78, 5) is 0. The molecule has 1 aliphatic heterocycles. The van der Waals surface area contributed by atoms with Crippen molar-refractivity contribution >= 4 is 38.1 Å². The van der Waals surface area contributed by atoms with E-state index >= 15 is 0 Å². The van der Waals surface area contributed by atoms with Gasteiger partial charge in [0.05, 0.1) is 0 Å². The van der Waals surface area contributed by atoms with Crippen molar-refractivity contribution in [3.63, 3.8) is 0 Å². The number of hydrogen-bond acceptors (Lipinski definition) is 2. The van der Waals surface area contributed by atoms with Crippen LogP contribution in [0.2, 0.25) is 0 Å². The maximum absolute atomic E-state index is 3.66. The molecule has 0 unspecified atom stereocenters. The van der Waals surface area contributed by atoms with Gasteiger partial charge in [0.1, 0.15) is 5.66 Å². The third-order valence-corrected chi connectivity index (χ3v) is 4.78. The van der Waals surface area contributed by atoms with Gasteiger partial charge in [-0.2, -0.15) is 0 Å². The molecule has 0 radical (unpaired) electrons. The minimum atomic E-state index is -0.345. The summed E-state index contributed by atoms with van der Waals surface area (Å²) < 4.78 is 1.10. The minimum absolute atomic E-state index is 0.345. The largest absolute Gasteiger partial charge is 0.359 e. The Hall–Kier alpha value is -2.00. The lowest BCUT2D eigenvalue weighted by Gasteiger charge is -2.39. The highest BCUT2D eigenvalue weighted by atomic mass is 79.9. The summed E-state index contributed by atoms with van der Waals surface area (Å²) in [6.07, 6.45) is 0. The molecule has 104 valence electrons. The predicted molar refractivity (Wildman–Crippen MR) is 92.7 cm³/mol. The first kappa shape index (κ1) is 12.7. The Balaban J connectivity index is 1.92. The van der Waals surface area contributed by atoms with Gasteiger partial charge < -0.3 is 10.6 Å². The molecule has 0 aromatic heterocycles. The fraction of sp³-hybridized carbons (Fsp3) is 0.111. The molecule has 2 N–H and O–H groups in total. The standard InChI is InChI=1S/C18H15BrN2/c1-18(13-8-2-3-9-14(13)19)20-15-10-4-6-12-7-5-11-16(21-18)17(12)15/h2-11,20-21H,1H3. The van der Waals surface area contributed by atoms with E-state index < -0.39 is 0 Å². The highest BCUT2D eigenvalue weighted by molar-refractivity contribution is 9.10. The van der Waals surface area contributed by atoms with Gasteiger partial charge in [-0.25, -0.2) is 0 Å². The van der Waals surface area contributed by atoms with E-state index in [2.05, 4.69) is 88.1 Å². The van der Waals surface area contributed by atoms with Gasteiger partial charge in [-0.05, 0) is 30.5 Å². The maximum Gasteiger partial charge on any atom is 0.132 e. The van der Waals surface area contributed by atoms with Crippen molar-refractivity contribution in [2.75, 3.05) is 10.6 Å². The molecule has 0 bridgehead atoms. The number of nitrogens with one attached hydrogen (secondary N) is 2. The van der Waals surface area contributed by atoms with Gasteiger partial charge in [-0.15, -0.1) is 0 Å². The monoisotopic (exact) mass is 338 g/mol. The van der Waals surface area contributed by atoms with Gasteiger partial charge in [-0.1, -0.05) is 58.4 Å². The van der Waals surface area contributed by atoms with Crippen LogP contribution < -0.4 is 10.6 Å². The molecule has 0 saturated carbocycles. The molecule has 0 aliphatic carbocycles. The molecule has 0 fully saturated rings. The fourth-order valence-electron chi connectivity index (χ4n) is 3.12. The molecule has 3 aromatic rings. The van der Waals surface area contributed by atoms with Crippen molar-refractivity contribution in [1.29, 1.82) is 0 Å². The van der Waals surface area contributed by atoms with E-state index in [0.717, 1.165) is 4.47 Å². The van der Waals surface area contributed by atoms with E-state index in [1.165, 1.54) is 27.7 Å². The summed E-state index contributed by atoms with van der Waals surface area (Å²) in [5.74, 6) is 0. The minimum Gasteiger partial charge on any atom is -0.359 e. The second-order valence-electron chi connectivity index (χ2n) is 5.56. The second-order valence-corrected chi connectivity index (χ2v) is 6.42. The Bertz CT molecular complexity index is 801. The Morgan fingerprint density at radius 1 is 0.810 bits per heavy atom. The van der Waals surface area contributed by atoms with Gasteiger partial charge in [-0.3, -0.25) is 0 Å². The quantitative estimate of drug-likeness (QED) is 0.628. The van der Waals surface area contributed by atoms with Crippen molar-refractivity contribution in [3.05, 3.63) is 70.7 Å². The second kappa shape index (κ2) is 4.50. The Morgan fingerprint density at radius 2 is 1.43 bits per heavy atom. The third-order valence-electron chi connectivity index (χ3n) is 4.09. The van der Waals surface area contributed by atoms with Gasteiger partial charge in [0.25, 0.3) is 0 Å². The average Bonchev–Trinajstić information content (AvgIpc) is 2.48. The Morgan fingerprint density at radius 3 is 2.05 bits per heavy atom. The topological polar surface area (TPSA) is 24.1 Å². The van der Waals surface area contributed by atoms with Gasteiger partial charge >= 0.3 is 0 Å². The molecule has 0 saturated heterocycles. The molecule has 0 amide bonds. The number of anilines is 2. The van der Waals surface area contributed by atoms with E-state index in [1.54, 1.807) is 0 Å². The highest BCUT2D eigenvalue weighted by Crippen LogP contribution is 2.42. The van der Waals surface area contributed by atoms with Crippen LogP contribution in [-0.2, 0) is 5.66 Å². The van der Waals surface area contributed by atoms with Crippen molar-refractivity contribution in [3.8, 4) is 0 Å². The first-order valence-electron chi connectivity index (χ1n) is 7.00. The van der Waals surface area contributed by atoms with Crippen LogP contribution in [-0.4, -0.2) is 0 Å². The molecule has 21 heavy (non-hydrogen) atoms. The van der Waals surface area contributed by atoms with Gasteiger partial charge in [0.15, 0.2) is 0 Å². The first-order valence-corrected chi connectivity index (χ1v) is 7.80. The molecule has 0 atom stereocenters. The van der Waals surface area contributed by atoms with E-state index in [9.17, 15) is 0 Å². The molecule has 1 heterocycles. The fourth-order valence-corrected chi connectivity index (χ4v) is 3.80. The van der Waals surface area contributed by atoms with Crippen molar-refractivity contribution in [1.82, 2.24) is 0 Å². The van der Waals surface area contributed by atoms with Crippen LogP contribution in [0.1, 0.15) is 12.5 Å². The van der Waals surface area contributed by atoms with Crippen LogP contribution >= 0.6 is 15.9 Å². The van der Waals surface area contributed by atoms with Crippen LogP contribution in [0, 0.1) is 0 Å². The molecule has 3 aromatic carbocycles. The lowest BCUT2D eigenvalue weighted by Crippen LogP contribution is -2.42. The number of halogens is 1. The maximum atomic E-state index is 3.66. The van der Waals surface area contributed by atoms with E-state index in [0.29, 0.717) is 0 Å². The molecule has 2 nitrogen and oxygen atoms in total. The summed E-state index contributed by atoms with van der Waals surface area (Å²) in [6, 6.07) is 21.1. The average molecular weight is 339 g/mol. The van der Waals surface area contributed by atoms with Crippen LogP contribution in [0.5, 0.6) is 0 Å². The molecular weight excluding hydrogens is 324 g/mol. The van der Waals surface area contributed by atoms with Crippen LogP contribution in [0.3, 0.4) is 0 Å². The van der Waals surface area contributed by atoms with Crippen LogP contribution in [0.25, 0.3) is 10.8 Å². The number of benzene rings is 3. The summed E-state index contributed by atoms with van der Waals surface area (Å²) in [5.41, 5.74) is 3.18. The van der Waals surface area contributed by atoms with E-state index in [4.69, 9.17) is 0 Å². The molecule has 0 spiro atoms. The normalized spacial score (nSPS) is 15.3. The number of rotatable bonds is 1. The smallest absolute Gasteiger partial charge is 0.132 e. The predicted octanol–water partition coefficient (Wildman–Crippen LogP) is 5.31. The lowest BCUT2D eigenvalue weighted by atomic mass is 9.95. The van der Waals surface area contributed by atoms with Crippen molar-refractivity contribution < 1.29 is 0 Å².